The van der Waals surface area contributed by atoms with E-state index in [1.165, 1.54) is 24.3 Å². The van der Waals surface area contributed by atoms with E-state index in [9.17, 15) is 14.0 Å². The Balaban J connectivity index is 1.85. The van der Waals surface area contributed by atoms with Gasteiger partial charge in [-0.3, -0.25) is 9.59 Å². The number of hydrogen-bond acceptors (Lipinski definition) is 3. The Kier molecular flexibility index (Phi) is 5.36. The van der Waals surface area contributed by atoms with Gasteiger partial charge in [-0.1, -0.05) is 48.3 Å². The molecule has 1 unspecified atom stereocenters. The van der Waals surface area contributed by atoms with Crippen molar-refractivity contribution in [3.8, 4) is 0 Å². The lowest BCUT2D eigenvalue weighted by Gasteiger charge is -2.33. The lowest BCUT2D eigenvalue weighted by molar-refractivity contribution is -0.120. The Hall–Kier alpha value is -2.37. The van der Waals surface area contributed by atoms with Crippen molar-refractivity contribution >= 4 is 46.3 Å². The van der Waals surface area contributed by atoms with Crippen molar-refractivity contribution in [3.63, 3.8) is 0 Å². The zero-order valence-electron chi connectivity index (χ0n) is 15.8. The highest BCUT2D eigenvalue weighted by molar-refractivity contribution is 6.49. The van der Waals surface area contributed by atoms with Crippen molar-refractivity contribution in [2.75, 3.05) is 18.0 Å². The maximum atomic E-state index is 13.5. The predicted molar refractivity (Wildman–Crippen MR) is 112 cm³/mol. The van der Waals surface area contributed by atoms with Crippen LogP contribution in [-0.4, -0.2) is 29.8 Å². The number of benzene rings is 2. The molecule has 0 N–H and O–H groups in total. The van der Waals surface area contributed by atoms with Crippen LogP contribution in [0.1, 0.15) is 25.3 Å². The Morgan fingerprint density at radius 3 is 2.45 bits per heavy atom. The van der Waals surface area contributed by atoms with Gasteiger partial charge in [0.15, 0.2) is 0 Å². The van der Waals surface area contributed by atoms with Gasteiger partial charge in [0.1, 0.15) is 11.5 Å². The average Bonchev–Trinajstić information content (AvgIpc) is 2.95. The third kappa shape index (κ3) is 3.53. The molecule has 2 heterocycles. The fraction of sp³-hybridized carbons (Fsp3) is 0.273. The van der Waals surface area contributed by atoms with Crippen LogP contribution in [-0.2, 0) is 9.59 Å². The number of anilines is 1. The molecular weight excluding hydrogens is 414 g/mol. The molecule has 1 fully saturated rings. The summed E-state index contributed by atoms with van der Waals surface area (Å²) in [6.45, 7) is 3.48. The highest BCUT2D eigenvalue weighted by atomic mass is 35.5. The van der Waals surface area contributed by atoms with Crippen molar-refractivity contribution in [2.24, 2.45) is 5.92 Å². The van der Waals surface area contributed by atoms with E-state index in [2.05, 4.69) is 6.92 Å². The molecule has 2 aromatic carbocycles. The lowest BCUT2D eigenvalue weighted by Crippen LogP contribution is -2.39. The monoisotopic (exact) mass is 432 g/mol. The molecular formula is C22H19Cl2FN2O2. The summed E-state index contributed by atoms with van der Waals surface area (Å²) in [4.78, 5) is 29.9. The van der Waals surface area contributed by atoms with Gasteiger partial charge < -0.3 is 4.90 Å². The van der Waals surface area contributed by atoms with Crippen molar-refractivity contribution in [1.82, 2.24) is 4.90 Å². The molecule has 0 aliphatic carbocycles. The predicted octanol–water partition coefficient (Wildman–Crippen LogP) is 5.15. The standard InChI is InChI=1S/C22H19Cl2FN2O2/c1-13-4-3-11-26(12-13)20-18(14-7-9-15(25)10-8-14)21(28)27(22(20)29)17-6-2-5-16(23)19(17)24/h2,5-10,13H,3-4,11-12H2,1H3. The minimum Gasteiger partial charge on any atom is -0.366 e. The first kappa shape index (κ1) is 19.9. The van der Waals surface area contributed by atoms with Gasteiger partial charge in [-0.05, 0) is 48.6 Å². The van der Waals surface area contributed by atoms with Crippen LogP contribution in [0.15, 0.2) is 48.2 Å². The first-order valence-electron chi connectivity index (χ1n) is 9.46. The molecule has 0 aromatic heterocycles. The summed E-state index contributed by atoms with van der Waals surface area (Å²) >= 11 is 12.4. The number of nitrogens with zero attached hydrogens (tertiary/aromatic N) is 2. The van der Waals surface area contributed by atoms with Gasteiger partial charge in [0.25, 0.3) is 11.8 Å². The van der Waals surface area contributed by atoms with Crippen molar-refractivity contribution < 1.29 is 14.0 Å². The molecule has 4 nitrogen and oxygen atoms in total. The fourth-order valence-electron chi connectivity index (χ4n) is 3.96. The van der Waals surface area contributed by atoms with E-state index in [-0.39, 0.29) is 21.3 Å². The SMILES string of the molecule is CC1CCCN(C2=C(c3ccc(F)cc3)C(=O)N(c3cccc(Cl)c3Cl)C2=O)C1. The number of likely N-dealkylation sites (tertiary alicyclic amines) is 1. The third-order valence-corrected chi connectivity index (χ3v) is 6.15. The van der Waals surface area contributed by atoms with E-state index < -0.39 is 17.6 Å². The van der Waals surface area contributed by atoms with E-state index >= 15 is 0 Å². The lowest BCUT2D eigenvalue weighted by atomic mass is 9.98. The van der Waals surface area contributed by atoms with Crippen LogP contribution >= 0.6 is 23.2 Å². The minimum atomic E-state index is -0.487. The average molecular weight is 433 g/mol. The summed E-state index contributed by atoms with van der Waals surface area (Å²) in [6, 6.07) is 10.4. The molecule has 4 rings (SSSR count). The molecule has 0 bridgehead atoms. The molecule has 0 spiro atoms. The first-order valence-corrected chi connectivity index (χ1v) is 10.2. The third-order valence-electron chi connectivity index (χ3n) is 5.34. The Morgan fingerprint density at radius 1 is 1.03 bits per heavy atom. The molecule has 2 aromatic rings. The minimum absolute atomic E-state index is 0.141. The van der Waals surface area contributed by atoms with Crippen LogP contribution in [0, 0.1) is 11.7 Å². The van der Waals surface area contributed by atoms with Crippen LogP contribution < -0.4 is 4.90 Å². The van der Waals surface area contributed by atoms with E-state index in [1.807, 2.05) is 4.90 Å². The van der Waals surface area contributed by atoms with Crippen LogP contribution in [0.5, 0.6) is 0 Å². The second-order valence-electron chi connectivity index (χ2n) is 7.44. The highest BCUT2D eigenvalue weighted by Gasteiger charge is 2.43. The number of rotatable bonds is 3. The summed E-state index contributed by atoms with van der Waals surface area (Å²) in [5, 5.41) is 0.399. The van der Waals surface area contributed by atoms with Crippen LogP contribution in [0.3, 0.4) is 0 Å². The largest absolute Gasteiger partial charge is 0.366 e. The summed E-state index contributed by atoms with van der Waals surface area (Å²) < 4.78 is 13.5. The number of piperidine rings is 1. The molecule has 29 heavy (non-hydrogen) atoms. The van der Waals surface area contributed by atoms with Crippen molar-refractivity contribution in [2.45, 2.75) is 19.8 Å². The number of carbonyl (C=O) groups is 2. The highest BCUT2D eigenvalue weighted by Crippen LogP contribution is 2.40. The summed E-state index contributed by atoms with van der Waals surface area (Å²) in [6.07, 6.45) is 2.00. The second-order valence-corrected chi connectivity index (χ2v) is 8.23. The number of amides is 2. The first-order chi connectivity index (χ1) is 13.9. The Bertz CT molecular complexity index is 1020. The maximum Gasteiger partial charge on any atom is 0.282 e. The van der Waals surface area contributed by atoms with Crippen LogP contribution in [0.25, 0.3) is 5.57 Å². The normalized spacial score (nSPS) is 20.1. The molecule has 1 saturated heterocycles. The van der Waals surface area contributed by atoms with Gasteiger partial charge in [0.2, 0.25) is 0 Å². The summed E-state index contributed by atoms with van der Waals surface area (Å²) in [5.41, 5.74) is 1.34. The number of carbonyl (C=O) groups excluding carboxylic acids is 2. The molecule has 1 atom stereocenters. The zero-order valence-corrected chi connectivity index (χ0v) is 17.3. The van der Waals surface area contributed by atoms with E-state index in [4.69, 9.17) is 23.2 Å². The molecule has 150 valence electrons. The second kappa shape index (κ2) is 7.81. The van der Waals surface area contributed by atoms with Gasteiger partial charge in [-0.2, -0.15) is 0 Å². The van der Waals surface area contributed by atoms with Gasteiger partial charge in [0.05, 0.1) is 21.3 Å². The molecule has 2 aliphatic rings. The number of imide groups is 1. The van der Waals surface area contributed by atoms with Gasteiger partial charge >= 0.3 is 0 Å². The summed E-state index contributed by atoms with van der Waals surface area (Å²) in [5.74, 6) is -0.932. The quantitative estimate of drug-likeness (QED) is 0.629. The van der Waals surface area contributed by atoms with Gasteiger partial charge in [-0.25, -0.2) is 9.29 Å². The molecule has 0 radical (unpaired) electrons. The number of hydrogen-bond donors (Lipinski definition) is 0. The Morgan fingerprint density at radius 2 is 1.76 bits per heavy atom. The molecule has 7 heteroatoms. The van der Waals surface area contributed by atoms with E-state index in [1.54, 1.807) is 18.2 Å². The maximum absolute atomic E-state index is 13.5. The van der Waals surface area contributed by atoms with Crippen molar-refractivity contribution in [3.05, 3.63) is 69.6 Å². The van der Waals surface area contributed by atoms with Gasteiger partial charge in [-0.15, -0.1) is 0 Å². The van der Waals surface area contributed by atoms with Crippen LogP contribution in [0.2, 0.25) is 10.0 Å². The molecule has 2 amide bonds. The van der Waals surface area contributed by atoms with Gasteiger partial charge in [0, 0.05) is 13.1 Å². The number of halogens is 3. The van der Waals surface area contributed by atoms with Crippen LogP contribution in [0.4, 0.5) is 10.1 Å². The zero-order chi connectivity index (χ0) is 20.7. The molecule has 2 aliphatic heterocycles. The topological polar surface area (TPSA) is 40.6 Å². The summed E-state index contributed by atoms with van der Waals surface area (Å²) in [7, 11) is 0. The van der Waals surface area contributed by atoms with E-state index in [0.717, 1.165) is 17.7 Å². The fourth-order valence-corrected chi connectivity index (χ4v) is 4.34. The molecule has 0 saturated carbocycles. The smallest absolute Gasteiger partial charge is 0.282 e. The van der Waals surface area contributed by atoms with Crippen molar-refractivity contribution in [1.29, 1.82) is 0 Å². The van der Waals surface area contributed by atoms with E-state index in [0.29, 0.717) is 30.3 Å². The Labute approximate surface area is 178 Å².